The Balaban J connectivity index is 2.51. The molecule has 1 heterocycles. The van der Waals surface area contributed by atoms with Crippen LogP contribution in [-0.4, -0.2) is 11.1 Å². The van der Waals surface area contributed by atoms with Crippen LogP contribution in [0.5, 0.6) is 0 Å². The number of hydrogen-bond donors (Lipinski definition) is 1. The number of halogens is 2. The van der Waals surface area contributed by atoms with Crippen molar-refractivity contribution in [2.24, 2.45) is 5.73 Å². The highest BCUT2D eigenvalue weighted by Gasteiger charge is 2.09. The largest absolute Gasteiger partial charge is 0.330 e. The van der Waals surface area contributed by atoms with Gasteiger partial charge in [0.15, 0.2) is 0 Å². The third-order valence-corrected chi connectivity index (χ3v) is 2.43. The molecule has 0 amide bonds. The summed E-state index contributed by atoms with van der Waals surface area (Å²) in [6, 6.07) is 7.23. The van der Waals surface area contributed by atoms with Crippen LogP contribution in [0.25, 0.3) is 10.9 Å². The Kier molecular flexibility index (Phi) is 2.68. The third-order valence-electron chi connectivity index (χ3n) is 2.43. The molecule has 0 atom stereocenters. The molecule has 15 heavy (non-hydrogen) atoms. The molecule has 0 spiro atoms. The molecule has 2 rings (SSSR count). The lowest BCUT2D eigenvalue weighted by Crippen LogP contribution is -2.03. The van der Waals surface area contributed by atoms with E-state index in [1.165, 1.54) is 6.20 Å². The Bertz CT molecular complexity index is 463. The summed E-state index contributed by atoms with van der Waals surface area (Å²) in [7, 11) is 0. The predicted octanol–water partition coefficient (Wildman–Crippen LogP) is 2.54. The van der Waals surface area contributed by atoms with E-state index in [1.807, 2.05) is 12.1 Å². The Hall–Kier alpha value is -1.42. The molecular formula is C11H12F2N2. The molecule has 0 aliphatic heterocycles. The van der Waals surface area contributed by atoms with E-state index in [1.54, 1.807) is 12.1 Å². The van der Waals surface area contributed by atoms with Gasteiger partial charge in [0.05, 0.1) is 5.52 Å². The molecule has 0 saturated carbocycles. The van der Waals surface area contributed by atoms with Crippen LogP contribution in [0, 0.1) is 0 Å². The van der Waals surface area contributed by atoms with E-state index in [4.69, 9.17) is 5.73 Å². The van der Waals surface area contributed by atoms with Gasteiger partial charge < -0.3 is 5.73 Å². The summed E-state index contributed by atoms with van der Waals surface area (Å²) in [5.41, 5.74) is 6.98. The van der Waals surface area contributed by atoms with Crippen LogP contribution in [0.1, 0.15) is 12.1 Å². The summed E-state index contributed by atoms with van der Waals surface area (Å²) in [5, 5.41) is 0.830. The van der Waals surface area contributed by atoms with Crippen molar-refractivity contribution >= 4 is 10.9 Å². The van der Waals surface area contributed by atoms with Crippen molar-refractivity contribution < 1.29 is 8.78 Å². The quantitative estimate of drug-likeness (QED) is 0.829. The average Bonchev–Trinajstić information content (AvgIpc) is 2.61. The Morgan fingerprint density at radius 3 is 2.73 bits per heavy atom. The van der Waals surface area contributed by atoms with Gasteiger partial charge in [-0.05, 0) is 36.0 Å². The minimum atomic E-state index is -2.49. The number of nitrogens with zero attached hydrogens (tertiary/aromatic N) is 1. The third kappa shape index (κ3) is 1.85. The molecule has 2 aromatic rings. The molecule has 0 aliphatic carbocycles. The second-order valence-corrected chi connectivity index (χ2v) is 3.43. The van der Waals surface area contributed by atoms with Gasteiger partial charge in [-0.2, -0.15) is 8.78 Å². The van der Waals surface area contributed by atoms with E-state index in [-0.39, 0.29) is 0 Å². The number of hydrogen-bond acceptors (Lipinski definition) is 1. The highest BCUT2D eigenvalue weighted by molar-refractivity contribution is 5.80. The fraction of sp³-hybridized carbons (Fsp3) is 0.273. The van der Waals surface area contributed by atoms with Crippen molar-refractivity contribution in [3.8, 4) is 0 Å². The van der Waals surface area contributed by atoms with Crippen LogP contribution >= 0.6 is 0 Å². The fourth-order valence-corrected chi connectivity index (χ4v) is 1.69. The highest BCUT2D eigenvalue weighted by atomic mass is 19.3. The molecule has 80 valence electrons. The Morgan fingerprint density at radius 2 is 2.07 bits per heavy atom. The zero-order valence-corrected chi connectivity index (χ0v) is 8.16. The lowest BCUT2D eigenvalue weighted by Gasteiger charge is -2.04. The van der Waals surface area contributed by atoms with Crippen molar-refractivity contribution in [1.82, 2.24) is 4.57 Å². The van der Waals surface area contributed by atoms with Crippen molar-refractivity contribution in [3.63, 3.8) is 0 Å². The lowest BCUT2D eigenvalue weighted by atomic mass is 10.1. The van der Waals surface area contributed by atoms with Gasteiger partial charge in [0.25, 0.3) is 0 Å². The molecule has 0 radical (unpaired) electrons. The SMILES string of the molecule is NCCc1ccc2ccn(C(F)F)c2c1. The maximum atomic E-state index is 12.6. The first-order valence-corrected chi connectivity index (χ1v) is 4.80. The molecular weight excluding hydrogens is 198 g/mol. The van der Waals surface area contributed by atoms with Crippen LogP contribution < -0.4 is 5.73 Å². The second-order valence-electron chi connectivity index (χ2n) is 3.43. The summed E-state index contributed by atoms with van der Waals surface area (Å²) in [6.07, 6.45) is 2.12. The second kappa shape index (κ2) is 3.98. The maximum Gasteiger partial charge on any atom is 0.319 e. The zero-order valence-electron chi connectivity index (χ0n) is 8.16. The molecule has 1 aromatic heterocycles. The minimum absolute atomic E-state index is 0.529. The molecule has 0 unspecified atom stereocenters. The van der Waals surface area contributed by atoms with Crippen LogP contribution in [0.15, 0.2) is 30.5 Å². The van der Waals surface area contributed by atoms with Gasteiger partial charge in [-0.15, -0.1) is 0 Å². The zero-order chi connectivity index (χ0) is 10.8. The van der Waals surface area contributed by atoms with Crippen molar-refractivity contribution in [1.29, 1.82) is 0 Å². The number of rotatable bonds is 3. The number of aromatic nitrogens is 1. The summed E-state index contributed by atoms with van der Waals surface area (Å²) in [5.74, 6) is 0. The number of benzene rings is 1. The normalized spacial score (nSPS) is 11.5. The van der Waals surface area contributed by atoms with Gasteiger partial charge >= 0.3 is 6.55 Å². The average molecular weight is 210 g/mol. The van der Waals surface area contributed by atoms with Gasteiger partial charge in [-0.25, -0.2) is 0 Å². The summed E-state index contributed by atoms with van der Waals surface area (Å²) >= 11 is 0. The summed E-state index contributed by atoms with van der Waals surface area (Å²) in [4.78, 5) is 0. The van der Waals surface area contributed by atoms with E-state index in [0.717, 1.165) is 15.5 Å². The molecule has 2 N–H and O–H groups in total. The minimum Gasteiger partial charge on any atom is -0.330 e. The van der Waals surface area contributed by atoms with Crippen molar-refractivity contribution in [2.75, 3.05) is 6.54 Å². The van der Waals surface area contributed by atoms with Gasteiger partial charge in [-0.1, -0.05) is 12.1 Å². The first-order valence-electron chi connectivity index (χ1n) is 4.80. The molecule has 4 heteroatoms. The van der Waals surface area contributed by atoms with Crippen LogP contribution in [-0.2, 0) is 6.42 Å². The van der Waals surface area contributed by atoms with E-state index in [9.17, 15) is 8.78 Å². The van der Waals surface area contributed by atoms with Gasteiger partial charge in [0.1, 0.15) is 0 Å². The van der Waals surface area contributed by atoms with Gasteiger partial charge in [0.2, 0.25) is 0 Å². The van der Waals surface area contributed by atoms with Crippen LogP contribution in [0.3, 0.4) is 0 Å². The van der Waals surface area contributed by atoms with E-state index >= 15 is 0 Å². The van der Waals surface area contributed by atoms with Crippen molar-refractivity contribution in [2.45, 2.75) is 13.0 Å². The fourth-order valence-electron chi connectivity index (χ4n) is 1.69. The van der Waals surface area contributed by atoms with Gasteiger partial charge in [-0.3, -0.25) is 4.57 Å². The molecule has 1 aromatic carbocycles. The Morgan fingerprint density at radius 1 is 1.27 bits per heavy atom. The molecule has 0 saturated heterocycles. The smallest absolute Gasteiger partial charge is 0.319 e. The maximum absolute atomic E-state index is 12.6. The summed E-state index contributed by atoms with van der Waals surface area (Å²) < 4.78 is 26.1. The standard InChI is InChI=1S/C11H12F2N2/c12-11(13)15-6-4-9-2-1-8(3-5-14)7-10(9)15/h1-2,4,6-7,11H,3,5,14H2. The van der Waals surface area contributed by atoms with Crippen LogP contribution in [0.2, 0.25) is 0 Å². The Labute approximate surface area is 86.3 Å². The molecule has 0 aliphatic rings. The molecule has 0 bridgehead atoms. The first-order chi connectivity index (χ1) is 7.22. The van der Waals surface area contributed by atoms with Crippen LogP contribution in [0.4, 0.5) is 8.78 Å². The number of nitrogens with two attached hydrogens (primary N) is 1. The highest BCUT2D eigenvalue weighted by Crippen LogP contribution is 2.23. The number of fused-ring (bicyclic) bond motifs is 1. The monoisotopic (exact) mass is 210 g/mol. The van der Waals surface area contributed by atoms with E-state index < -0.39 is 6.55 Å². The number of alkyl halides is 2. The van der Waals surface area contributed by atoms with Crippen molar-refractivity contribution in [3.05, 3.63) is 36.0 Å². The topological polar surface area (TPSA) is 30.9 Å². The molecule has 2 nitrogen and oxygen atoms in total. The van der Waals surface area contributed by atoms with Gasteiger partial charge in [0, 0.05) is 6.20 Å². The lowest BCUT2D eigenvalue weighted by molar-refractivity contribution is 0.0752. The molecule has 0 fully saturated rings. The van der Waals surface area contributed by atoms with E-state index in [2.05, 4.69) is 0 Å². The summed E-state index contributed by atoms with van der Waals surface area (Å²) in [6.45, 7) is -1.96. The predicted molar refractivity (Wildman–Crippen MR) is 55.9 cm³/mol. The van der Waals surface area contributed by atoms with E-state index in [0.29, 0.717) is 18.5 Å². The first kappa shape index (κ1) is 10.1.